The van der Waals surface area contributed by atoms with Gasteiger partial charge in [0.25, 0.3) is 5.91 Å². The summed E-state index contributed by atoms with van der Waals surface area (Å²) in [6.45, 7) is 2.97. The zero-order valence-corrected chi connectivity index (χ0v) is 23.4. The molecule has 1 heterocycles. The van der Waals surface area contributed by atoms with Gasteiger partial charge in [0.1, 0.15) is 23.9 Å². The van der Waals surface area contributed by atoms with Gasteiger partial charge in [-0.05, 0) is 104 Å². The second kappa shape index (κ2) is 10.7. The summed E-state index contributed by atoms with van der Waals surface area (Å²) in [6, 6.07) is 12.1. The van der Waals surface area contributed by atoms with Gasteiger partial charge in [-0.25, -0.2) is 4.98 Å². The van der Waals surface area contributed by atoms with E-state index in [9.17, 15) is 19.5 Å². The topological polar surface area (TPSA) is 106 Å². The van der Waals surface area contributed by atoms with Crippen LogP contribution < -0.4 is 4.74 Å². The van der Waals surface area contributed by atoms with Gasteiger partial charge in [0.05, 0.1) is 16.8 Å². The number of thiazole rings is 1. The summed E-state index contributed by atoms with van der Waals surface area (Å²) in [6.07, 6.45) is 6.09. The fourth-order valence-corrected chi connectivity index (χ4v) is 7.95. The Morgan fingerprint density at radius 2 is 1.65 bits per heavy atom. The number of phenolic OH excluding ortho intramolecular Hbond substituents is 1. The van der Waals surface area contributed by atoms with Crippen LogP contribution in [0.5, 0.6) is 11.5 Å². The van der Waals surface area contributed by atoms with Gasteiger partial charge in [0, 0.05) is 19.4 Å². The van der Waals surface area contributed by atoms with Crippen LogP contribution in [0.2, 0.25) is 0 Å². The van der Waals surface area contributed by atoms with Crippen molar-refractivity contribution in [2.45, 2.75) is 46.0 Å². The highest BCUT2D eigenvalue weighted by Gasteiger charge is 2.46. The van der Waals surface area contributed by atoms with E-state index in [2.05, 4.69) is 4.98 Å². The highest BCUT2D eigenvalue weighted by molar-refractivity contribution is 7.20. The van der Waals surface area contributed by atoms with Crippen LogP contribution in [0.25, 0.3) is 16.0 Å². The van der Waals surface area contributed by atoms with Crippen LogP contribution in [0, 0.1) is 23.7 Å². The number of aromatic nitrogens is 1. The number of aromatic hydroxyl groups is 1. The Balaban J connectivity index is 1.24. The van der Waals surface area contributed by atoms with Crippen molar-refractivity contribution in [1.29, 1.82) is 0 Å². The fourth-order valence-electron chi connectivity index (χ4n) is 7.00. The summed E-state index contributed by atoms with van der Waals surface area (Å²) < 4.78 is 12.4. The number of phenols is 1. The number of carbonyl (C=O) groups is 3. The molecular weight excluding hydrogens is 528 g/mol. The molecule has 2 aromatic carbocycles. The molecule has 7 rings (SSSR count). The smallest absolute Gasteiger partial charge is 0.308 e. The molecule has 4 bridgehead atoms. The van der Waals surface area contributed by atoms with E-state index in [4.69, 9.17) is 9.47 Å². The van der Waals surface area contributed by atoms with Crippen molar-refractivity contribution >= 4 is 45.1 Å². The Morgan fingerprint density at radius 3 is 2.27 bits per heavy atom. The van der Waals surface area contributed by atoms with Gasteiger partial charge in [-0.2, -0.15) is 0 Å². The summed E-state index contributed by atoms with van der Waals surface area (Å²) in [5.41, 5.74) is 2.86. The first-order valence-corrected chi connectivity index (χ1v) is 14.6. The predicted molar refractivity (Wildman–Crippen MR) is 151 cm³/mol. The number of allylic oxidation sites excluding steroid dienone is 1. The van der Waals surface area contributed by atoms with Crippen LogP contribution in [0.4, 0.5) is 0 Å². The maximum absolute atomic E-state index is 13.3. The maximum atomic E-state index is 13.3. The van der Waals surface area contributed by atoms with Crippen molar-refractivity contribution in [3.05, 3.63) is 58.6 Å². The summed E-state index contributed by atoms with van der Waals surface area (Å²) in [4.78, 5) is 42.8. The molecule has 0 radical (unpaired) electrons. The van der Waals surface area contributed by atoms with E-state index in [1.807, 2.05) is 12.1 Å². The molecule has 4 aliphatic carbocycles. The van der Waals surface area contributed by atoms with Crippen LogP contribution in [0.1, 0.15) is 61.3 Å². The van der Waals surface area contributed by atoms with E-state index in [-0.39, 0.29) is 35.8 Å². The average molecular weight is 561 g/mol. The quantitative estimate of drug-likeness (QED) is 0.221. The predicted octanol–water partition coefficient (Wildman–Crippen LogP) is 5.80. The molecule has 8 nitrogen and oxygen atoms in total. The van der Waals surface area contributed by atoms with E-state index in [0.29, 0.717) is 27.8 Å². The van der Waals surface area contributed by atoms with Crippen molar-refractivity contribution < 1.29 is 29.0 Å². The van der Waals surface area contributed by atoms with E-state index in [1.165, 1.54) is 62.5 Å². The highest BCUT2D eigenvalue weighted by Crippen LogP contribution is 2.58. The second-order valence-electron chi connectivity index (χ2n) is 11.2. The molecule has 40 heavy (non-hydrogen) atoms. The Morgan fingerprint density at radius 1 is 0.975 bits per heavy atom. The lowest BCUT2D eigenvalue weighted by atomic mass is 9.54. The lowest BCUT2D eigenvalue weighted by molar-refractivity contribution is -0.132. The SMILES string of the molecule is CC(=O)Oc1ccc(C(OCCN(C(C)=O)C(=O)c2nc3ccc(O)cc3s2)=C2C3CC4CC(C3)CC2C4)cc1. The normalized spacial score (nSPS) is 22.8. The Kier molecular flexibility index (Phi) is 7.08. The number of amides is 2. The molecule has 3 aromatic rings. The fraction of sp³-hybridized carbons (Fsp3) is 0.419. The molecule has 2 amide bonds. The van der Waals surface area contributed by atoms with E-state index >= 15 is 0 Å². The van der Waals surface area contributed by atoms with Gasteiger partial charge >= 0.3 is 5.97 Å². The van der Waals surface area contributed by atoms with Crippen LogP contribution in [-0.2, 0) is 14.3 Å². The zero-order chi connectivity index (χ0) is 28.0. The monoisotopic (exact) mass is 560 g/mol. The number of ether oxygens (including phenoxy) is 2. The summed E-state index contributed by atoms with van der Waals surface area (Å²) in [5.74, 6) is 2.73. The Labute approximate surface area is 236 Å². The molecule has 4 aliphatic rings. The van der Waals surface area contributed by atoms with Crippen molar-refractivity contribution in [3.8, 4) is 11.5 Å². The molecule has 1 N–H and O–H groups in total. The molecular formula is C31H32N2O6S. The number of rotatable bonds is 7. The van der Waals surface area contributed by atoms with Gasteiger partial charge < -0.3 is 14.6 Å². The number of benzene rings is 2. The minimum Gasteiger partial charge on any atom is -0.508 e. The van der Waals surface area contributed by atoms with Gasteiger partial charge in [0.2, 0.25) is 5.91 Å². The standard InChI is InChI=1S/C31H32N2O6S/c1-17(34)33(31(37)30-32-26-8-5-24(36)16-27(26)40-30)9-10-38-29(21-3-6-25(7-4-21)39-18(2)35)28-22-12-19-11-20(14-22)15-23(28)13-19/h3-8,16,19-20,22-23,36H,9-15H2,1-2H3. The van der Waals surface area contributed by atoms with Crippen molar-refractivity contribution in [2.75, 3.05) is 13.2 Å². The number of fused-ring (bicyclic) bond motifs is 1. The first kappa shape index (κ1) is 26.5. The van der Waals surface area contributed by atoms with Crippen LogP contribution in [0.3, 0.4) is 0 Å². The molecule has 9 heteroatoms. The van der Waals surface area contributed by atoms with Gasteiger partial charge in [-0.3, -0.25) is 19.3 Å². The van der Waals surface area contributed by atoms with Crippen molar-refractivity contribution in [1.82, 2.24) is 9.88 Å². The van der Waals surface area contributed by atoms with E-state index in [1.54, 1.807) is 24.3 Å². The summed E-state index contributed by atoms with van der Waals surface area (Å²) in [7, 11) is 0. The molecule has 0 spiro atoms. The average Bonchev–Trinajstić information content (AvgIpc) is 3.32. The summed E-state index contributed by atoms with van der Waals surface area (Å²) >= 11 is 1.14. The Bertz CT molecular complexity index is 1480. The number of imide groups is 1. The maximum Gasteiger partial charge on any atom is 0.308 e. The molecule has 4 saturated carbocycles. The number of nitrogens with zero attached hydrogens (tertiary/aromatic N) is 2. The van der Waals surface area contributed by atoms with Crippen LogP contribution in [0.15, 0.2) is 48.0 Å². The highest BCUT2D eigenvalue weighted by atomic mass is 32.1. The minimum atomic E-state index is -0.480. The minimum absolute atomic E-state index is 0.0816. The number of hydrogen-bond acceptors (Lipinski definition) is 8. The second-order valence-corrected chi connectivity index (χ2v) is 12.2. The molecule has 0 saturated heterocycles. The first-order chi connectivity index (χ1) is 19.2. The Hall–Kier alpha value is -3.72. The zero-order valence-electron chi connectivity index (χ0n) is 22.6. The lowest BCUT2D eigenvalue weighted by Crippen LogP contribution is -2.41. The molecule has 208 valence electrons. The molecule has 0 aliphatic heterocycles. The summed E-state index contributed by atoms with van der Waals surface area (Å²) in [5, 5.41) is 9.95. The van der Waals surface area contributed by atoms with Gasteiger partial charge in [0.15, 0.2) is 5.01 Å². The first-order valence-electron chi connectivity index (χ1n) is 13.8. The van der Waals surface area contributed by atoms with Crippen LogP contribution in [-0.4, -0.2) is 45.9 Å². The van der Waals surface area contributed by atoms with Gasteiger partial charge in [-0.1, -0.05) is 0 Å². The van der Waals surface area contributed by atoms with Crippen LogP contribution >= 0.6 is 11.3 Å². The molecule has 1 aromatic heterocycles. The van der Waals surface area contributed by atoms with Gasteiger partial charge in [-0.15, -0.1) is 11.3 Å². The van der Waals surface area contributed by atoms with Crippen molar-refractivity contribution in [3.63, 3.8) is 0 Å². The lowest BCUT2D eigenvalue weighted by Gasteiger charge is -2.51. The third-order valence-corrected chi connectivity index (χ3v) is 9.41. The number of carbonyl (C=O) groups excluding carboxylic acids is 3. The third-order valence-electron chi connectivity index (χ3n) is 8.40. The molecule has 0 unspecified atom stereocenters. The molecule has 0 atom stereocenters. The van der Waals surface area contributed by atoms with E-state index in [0.717, 1.165) is 34.5 Å². The largest absolute Gasteiger partial charge is 0.508 e. The van der Waals surface area contributed by atoms with Crippen molar-refractivity contribution in [2.24, 2.45) is 23.7 Å². The number of hydrogen-bond donors (Lipinski definition) is 1. The van der Waals surface area contributed by atoms with E-state index < -0.39 is 5.91 Å². The molecule has 4 fully saturated rings. The third kappa shape index (κ3) is 5.22. The number of esters is 1.